The molecule has 0 aliphatic carbocycles. The van der Waals surface area contributed by atoms with Gasteiger partial charge in [0.1, 0.15) is 0 Å². The second-order valence-corrected chi connectivity index (χ2v) is 4.30. The fraction of sp³-hybridized carbons (Fsp3) is 0.0588. The molecule has 0 atom stereocenters. The van der Waals surface area contributed by atoms with Crippen molar-refractivity contribution in [1.29, 1.82) is 0 Å². The molecule has 0 radical (unpaired) electrons. The number of amides is 1. The molecule has 2 aromatic carbocycles. The predicted octanol–water partition coefficient (Wildman–Crippen LogP) is 2.91. The number of carbonyl (C=O) groups excluding carboxylic acids is 1. The minimum atomic E-state index is -0.191. The maximum atomic E-state index is 11.5. The van der Waals surface area contributed by atoms with Crippen molar-refractivity contribution in [1.82, 2.24) is 5.43 Å². The molecule has 0 spiro atoms. The highest BCUT2D eigenvalue weighted by atomic mass is 16.2. The van der Waals surface area contributed by atoms with Crippen LogP contribution in [0.25, 0.3) is 6.08 Å². The standard InChI is InChI=1S/C17H17N3O/c21-17(14-18-16-11-5-2-6-12-16)20-19-13-7-10-15-8-3-1-4-9-15/h1-13,18H,14H2,(H,20,21). The number of hydrogen-bond donors (Lipinski definition) is 2. The number of allylic oxidation sites excluding steroid dienone is 1. The zero-order chi connectivity index (χ0) is 14.8. The van der Waals surface area contributed by atoms with Crippen LogP contribution < -0.4 is 10.7 Å². The van der Waals surface area contributed by atoms with E-state index < -0.39 is 0 Å². The predicted molar refractivity (Wildman–Crippen MR) is 87.0 cm³/mol. The van der Waals surface area contributed by atoms with Crippen molar-refractivity contribution in [2.75, 3.05) is 11.9 Å². The summed E-state index contributed by atoms with van der Waals surface area (Å²) in [5.74, 6) is -0.191. The average Bonchev–Trinajstić information content (AvgIpc) is 2.54. The molecule has 21 heavy (non-hydrogen) atoms. The first-order valence-corrected chi connectivity index (χ1v) is 6.67. The lowest BCUT2D eigenvalue weighted by Gasteiger charge is -2.03. The molecule has 106 valence electrons. The minimum Gasteiger partial charge on any atom is -0.376 e. The molecular weight excluding hydrogens is 262 g/mol. The van der Waals surface area contributed by atoms with E-state index in [0.29, 0.717) is 0 Å². The first kappa shape index (κ1) is 14.5. The third-order valence-corrected chi connectivity index (χ3v) is 2.66. The summed E-state index contributed by atoms with van der Waals surface area (Å²) in [4.78, 5) is 11.5. The zero-order valence-electron chi connectivity index (χ0n) is 11.6. The topological polar surface area (TPSA) is 53.5 Å². The van der Waals surface area contributed by atoms with Crippen LogP contribution in [0, 0.1) is 0 Å². The van der Waals surface area contributed by atoms with Gasteiger partial charge in [0.2, 0.25) is 0 Å². The number of benzene rings is 2. The molecule has 1 amide bonds. The quantitative estimate of drug-likeness (QED) is 0.631. The fourth-order valence-electron chi connectivity index (χ4n) is 1.65. The van der Waals surface area contributed by atoms with Gasteiger partial charge in [-0.3, -0.25) is 4.79 Å². The van der Waals surface area contributed by atoms with Gasteiger partial charge in [0.15, 0.2) is 0 Å². The van der Waals surface area contributed by atoms with Crippen LogP contribution in [0.5, 0.6) is 0 Å². The molecule has 0 aliphatic heterocycles. The van der Waals surface area contributed by atoms with Crippen LogP contribution in [0.3, 0.4) is 0 Å². The first-order chi connectivity index (χ1) is 10.3. The maximum Gasteiger partial charge on any atom is 0.259 e. The van der Waals surface area contributed by atoms with Gasteiger partial charge in [0, 0.05) is 11.9 Å². The highest BCUT2D eigenvalue weighted by molar-refractivity contribution is 5.83. The van der Waals surface area contributed by atoms with Crippen LogP contribution in [0.4, 0.5) is 5.69 Å². The van der Waals surface area contributed by atoms with Gasteiger partial charge in [0.25, 0.3) is 5.91 Å². The zero-order valence-corrected chi connectivity index (χ0v) is 11.6. The maximum absolute atomic E-state index is 11.5. The van der Waals surface area contributed by atoms with Gasteiger partial charge in [-0.25, -0.2) is 5.43 Å². The molecule has 0 heterocycles. The molecule has 4 nitrogen and oxygen atoms in total. The van der Waals surface area contributed by atoms with Crippen molar-refractivity contribution < 1.29 is 4.79 Å². The molecule has 2 aromatic rings. The van der Waals surface area contributed by atoms with E-state index in [-0.39, 0.29) is 12.5 Å². The van der Waals surface area contributed by atoms with Crippen LogP contribution in [-0.4, -0.2) is 18.7 Å². The van der Waals surface area contributed by atoms with Crippen molar-refractivity contribution in [3.63, 3.8) is 0 Å². The van der Waals surface area contributed by atoms with Crippen molar-refractivity contribution in [2.45, 2.75) is 0 Å². The van der Waals surface area contributed by atoms with Crippen LogP contribution in [0.15, 0.2) is 71.8 Å². The molecular formula is C17H17N3O. The average molecular weight is 279 g/mol. The van der Waals surface area contributed by atoms with E-state index in [2.05, 4.69) is 15.8 Å². The van der Waals surface area contributed by atoms with E-state index in [4.69, 9.17) is 0 Å². The number of anilines is 1. The van der Waals surface area contributed by atoms with Gasteiger partial charge in [-0.1, -0.05) is 54.6 Å². The third-order valence-electron chi connectivity index (χ3n) is 2.66. The fourth-order valence-corrected chi connectivity index (χ4v) is 1.65. The summed E-state index contributed by atoms with van der Waals surface area (Å²) < 4.78 is 0. The lowest BCUT2D eigenvalue weighted by molar-refractivity contribution is -0.119. The van der Waals surface area contributed by atoms with E-state index in [9.17, 15) is 4.79 Å². The molecule has 2 N–H and O–H groups in total. The Labute approximate surface area is 124 Å². The van der Waals surface area contributed by atoms with Crippen LogP contribution >= 0.6 is 0 Å². The molecule has 4 heteroatoms. The molecule has 0 aliphatic rings. The lowest BCUT2D eigenvalue weighted by Crippen LogP contribution is -2.25. The van der Waals surface area contributed by atoms with Gasteiger partial charge in [-0.15, -0.1) is 0 Å². The molecule has 2 rings (SSSR count). The Morgan fingerprint density at radius 3 is 2.38 bits per heavy atom. The largest absolute Gasteiger partial charge is 0.376 e. The Kier molecular flexibility index (Phi) is 5.76. The van der Waals surface area contributed by atoms with E-state index in [0.717, 1.165) is 11.3 Å². The van der Waals surface area contributed by atoms with Crippen LogP contribution in [0.1, 0.15) is 5.56 Å². The second kappa shape index (κ2) is 8.32. The number of para-hydroxylation sites is 1. The summed E-state index contributed by atoms with van der Waals surface area (Å²) in [7, 11) is 0. The Morgan fingerprint density at radius 1 is 1.00 bits per heavy atom. The number of nitrogens with zero attached hydrogens (tertiary/aromatic N) is 1. The Balaban J connectivity index is 1.69. The summed E-state index contributed by atoms with van der Waals surface area (Å²) in [6.45, 7) is 0.184. The van der Waals surface area contributed by atoms with Crippen molar-refractivity contribution in [3.05, 3.63) is 72.3 Å². The number of carbonyl (C=O) groups is 1. The first-order valence-electron chi connectivity index (χ1n) is 6.67. The third kappa shape index (κ3) is 5.74. The summed E-state index contributed by atoms with van der Waals surface area (Å²) in [6.07, 6.45) is 5.24. The number of rotatable bonds is 6. The monoisotopic (exact) mass is 279 g/mol. The van der Waals surface area contributed by atoms with Gasteiger partial charge in [-0.2, -0.15) is 5.10 Å². The van der Waals surface area contributed by atoms with Crippen molar-refractivity contribution >= 4 is 23.9 Å². The highest BCUT2D eigenvalue weighted by Gasteiger charge is 1.97. The molecule has 0 saturated carbocycles. The Morgan fingerprint density at radius 2 is 1.67 bits per heavy atom. The van der Waals surface area contributed by atoms with Gasteiger partial charge < -0.3 is 5.32 Å². The summed E-state index contributed by atoms with van der Waals surface area (Å²) in [5.41, 5.74) is 4.44. The number of nitrogens with one attached hydrogen (secondary N) is 2. The summed E-state index contributed by atoms with van der Waals surface area (Å²) in [5, 5.41) is 6.85. The Bertz CT molecular complexity index is 606. The minimum absolute atomic E-state index is 0.184. The van der Waals surface area contributed by atoms with Gasteiger partial charge >= 0.3 is 0 Å². The van der Waals surface area contributed by atoms with Crippen molar-refractivity contribution in [3.8, 4) is 0 Å². The highest BCUT2D eigenvalue weighted by Crippen LogP contribution is 2.03. The van der Waals surface area contributed by atoms with Gasteiger partial charge in [0.05, 0.1) is 6.54 Å². The lowest BCUT2D eigenvalue weighted by atomic mass is 10.2. The van der Waals surface area contributed by atoms with E-state index >= 15 is 0 Å². The van der Waals surface area contributed by atoms with E-state index in [1.165, 1.54) is 0 Å². The van der Waals surface area contributed by atoms with Crippen LogP contribution in [-0.2, 0) is 4.79 Å². The summed E-state index contributed by atoms with van der Waals surface area (Å²) >= 11 is 0. The van der Waals surface area contributed by atoms with E-state index in [1.807, 2.05) is 66.7 Å². The molecule has 0 unspecified atom stereocenters. The van der Waals surface area contributed by atoms with E-state index in [1.54, 1.807) is 12.3 Å². The number of hydrazone groups is 1. The molecule has 0 aromatic heterocycles. The second-order valence-electron chi connectivity index (χ2n) is 4.30. The number of hydrogen-bond acceptors (Lipinski definition) is 3. The van der Waals surface area contributed by atoms with Crippen LogP contribution in [0.2, 0.25) is 0 Å². The summed E-state index contributed by atoms with van der Waals surface area (Å²) in [6, 6.07) is 19.4. The Hall–Kier alpha value is -2.88. The normalized spacial score (nSPS) is 10.9. The van der Waals surface area contributed by atoms with Crippen molar-refractivity contribution in [2.24, 2.45) is 5.10 Å². The molecule has 0 fully saturated rings. The van der Waals surface area contributed by atoms with Gasteiger partial charge in [-0.05, 0) is 23.8 Å². The smallest absolute Gasteiger partial charge is 0.259 e. The molecule has 0 bridgehead atoms. The SMILES string of the molecule is O=C(CNc1ccccc1)NN=CC=Cc1ccccc1. The molecule has 0 saturated heterocycles.